The molecule has 1 aromatic heterocycles. The van der Waals surface area contributed by atoms with E-state index in [2.05, 4.69) is 16.4 Å². The van der Waals surface area contributed by atoms with Crippen LogP contribution in [0.15, 0.2) is 41.2 Å². The van der Waals surface area contributed by atoms with Crippen molar-refractivity contribution in [2.45, 2.75) is 32.7 Å². The highest BCUT2D eigenvalue weighted by Crippen LogP contribution is 2.36. The molecule has 1 fully saturated rings. The van der Waals surface area contributed by atoms with Crippen molar-refractivity contribution in [1.82, 2.24) is 9.88 Å². The highest BCUT2D eigenvalue weighted by atomic mass is 32.2. The monoisotopic (exact) mass is 548 g/mol. The Morgan fingerprint density at radius 3 is 2.45 bits per heavy atom. The lowest BCUT2D eigenvalue weighted by Gasteiger charge is -2.21. The molecule has 38 heavy (non-hydrogen) atoms. The molecule has 0 aliphatic heterocycles. The van der Waals surface area contributed by atoms with Crippen molar-refractivity contribution in [2.75, 3.05) is 17.1 Å². The first-order valence-corrected chi connectivity index (χ1v) is 12.6. The van der Waals surface area contributed by atoms with Crippen LogP contribution in [0.25, 0.3) is 0 Å². The molecule has 0 bridgehead atoms. The lowest BCUT2D eigenvalue weighted by Crippen LogP contribution is -2.31. The number of halogens is 2. The Morgan fingerprint density at radius 1 is 1.16 bits per heavy atom. The molecule has 0 saturated heterocycles. The molecular weight excluding hydrogens is 520 g/mol. The van der Waals surface area contributed by atoms with Gasteiger partial charge in [-0.05, 0) is 57.5 Å². The van der Waals surface area contributed by atoms with Crippen LogP contribution in [0.3, 0.4) is 0 Å². The minimum Gasteiger partial charge on any atom is -0.755 e. The summed E-state index contributed by atoms with van der Waals surface area (Å²) < 4.78 is 59.9. The van der Waals surface area contributed by atoms with Crippen LogP contribution in [-0.4, -0.2) is 32.3 Å². The highest BCUT2D eigenvalue weighted by molar-refractivity contribution is 7.80. The van der Waals surface area contributed by atoms with Crippen LogP contribution in [0.2, 0.25) is 0 Å². The number of ether oxygens (including phenoxy) is 1. The standard InChI is InChI=1S/C24H24F2N4O5S.CH5N/c1-12-4-7-19(18(26)8-12)28-22-20(23(31)27-15-5-6-15)21(13(2)24(32)30(22)3)35-17-10-14(25)9-16(11-17)29-36(33)34;1-2/h4,7-11,15,28-29H,5-6H2,1-3H3,(H,27,31)(H,33,34);2H2,1H3/p-1. The zero-order chi connectivity index (χ0) is 28.1. The van der Waals surface area contributed by atoms with Gasteiger partial charge in [-0.2, -0.15) is 0 Å². The number of pyridine rings is 1. The zero-order valence-corrected chi connectivity index (χ0v) is 22.0. The molecule has 1 unspecified atom stereocenters. The van der Waals surface area contributed by atoms with E-state index in [9.17, 15) is 27.1 Å². The van der Waals surface area contributed by atoms with Crippen molar-refractivity contribution in [2.24, 2.45) is 12.8 Å². The van der Waals surface area contributed by atoms with Gasteiger partial charge in [0.1, 0.15) is 28.8 Å². The van der Waals surface area contributed by atoms with Gasteiger partial charge in [-0.3, -0.25) is 18.4 Å². The molecule has 1 heterocycles. The van der Waals surface area contributed by atoms with Gasteiger partial charge in [-0.25, -0.2) is 8.78 Å². The molecule has 1 amide bonds. The first kappa shape index (κ1) is 28.8. The van der Waals surface area contributed by atoms with Gasteiger partial charge in [-0.1, -0.05) is 6.07 Å². The topological polar surface area (TPSA) is 151 Å². The van der Waals surface area contributed by atoms with E-state index in [1.54, 1.807) is 13.0 Å². The normalized spacial score (nSPS) is 13.2. The SMILES string of the molecule is CN.Cc1ccc(Nc2c(C(=O)NC3CC3)c(Oc3cc(F)cc(NS(=O)[O-])c3)c(C)c(=O)n2C)c(F)c1. The molecule has 3 aromatic rings. The van der Waals surface area contributed by atoms with Gasteiger partial charge in [0, 0.05) is 36.5 Å². The Bertz CT molecular complexity index is 1440. The number of nitrogens with zero attached hydrogens (tertiary/aromatic N) is 1. The van der Waals surface area contributed by atoms with Crippen molar-refractivity contribution in [3.05, 3.63) is 75.1 Å². The highest BCUT2D eigenvalue weighted by Gasteiger charge is 2.30. The Hall–Kier alpha value is -3.81. The van der Waals surface area contributed by atoms with Gasteiger partial charge in [0.25, 0.3) is 11.5 Å². The zero-order valence-electron chi connectivity index (χ0n) is 21.2. The molecule has 1 aliphatic carbocycles. The molecule has 1 atom stereocenters. The number of carbonyl (C=O) groups is 1. The molecule has 0 spiro atoms. The van der Waals surface area contributed by atoms with E-state index in [0.717, 1.165) is 25.0 Å². The molecule has 0 radical (unpaired) electrons. The Labute approximate surface area is 220 Å². The van der Waals surface area contributed by atoms with Crippen molar-refractivity contribution in [3.8, 4) is 11.5 Å². The Kier molecular flexibility index (Phi) is 9.20. The predicted molar refractivity (Wildman–Crippen MR) is 140 cm³/mol. The maximum Gasteiger partial charge on any atom is 0.259 e. The lowest BCUT2D eigenvalue weighted by molar-refractivity contribution is 0.0948. The number of aryl methyl sites for hydroxylation is 1. The summed E-state index contributed by atoms with van der Waals surface area (Å²) in [6.07, 6.45) is 1.57. The molecule has 13 heteroatoms. The summed E-state index contributed by atoms with van der Waals surface area (Å²) >= 11 is -2.72. The maximum atomic E-state index is 14.7. The van der Waals surface area contributed by atoms with Gasteiger partial charge in [0.05, 0.1) is 16.9 Å². The number of rotatable bonds is 8. The number of hydrogen-bond donors (Lipinski definition) is 4. The number of aromatic nitrogens is 1. The second-order valence-electron chi connectivity index (χ2n) is 8.51. The van der Waals surface area contributed by atoms with Crippen LogP contribution in [0.1, 0.15) is 34.3 Å². The van der Waals surface area contributed by atoms with E-state index in [0.29, 0.717) is 5.56 Å². The largest absolute Gasteiger partial charge is 0.755 e. The Balaban J connectivity index is 0.00000195. The smallest absolute Gasteiger partial charge is 0.259 e. The molecule has 10 nitrogen and oxygen atoms in total. The number of hydrogen-bond acceptors (Lipinski definition) is 7. The minimum absolute atomic E-state index is 0.0287. The third kappa shape index (κ3) is 6.73. The van der Waals surface area contributed by atoms with Crippen molar-refractivity contribution in [3.63, 3.8) is 0 Å². The molecule has 1 saturated carbocycles. The fourth-order valence-electron chi connectivity index (χ4n) is 3.63. The third-order valence-corrected chi connectivity index (χ3v) is 5.98. The number of amides is 1. The van der Waals surface area contributed by atoms with Gasteiger partial charge in [-0.15, -0.1) is 0 Å². The average molecular weight is 549 g/mol. The van der Waals surface area contributed by atoms with Crippen LogP contribution >= 0.6 is 0 Å². The summed E-state index contributed by atoms with van der Waals surface area (Å²) in [7, 11) is 2.93. The number of nitrogens with one attached hydrogen (secondary N) is 3. The van der Waals surface area contributed by atoms with E-state index in [1.807, 2.05) is 4.72 Å². The molecular formula is C25H28F2N5O5S-. The Morgan fingerprint density at radius 2 is 1.84 bits per heavy atom. The first-order valence-electron chi connectivity index (χ1n) is 11.5. The lowest BCUT2D eigenvalue weighted by atomic mass is 10.1. The third-order valence-electron chi connectivity index (χ3n) is 5.57. The van der Waals surface area contributed by atoms with Crippen molar-refractivity contribution in [1.29, 1.82) is 0 Å². The number of carbonyl (C=O) groups excluding carboxylic acids is 1. The van der Waals surface area contributed by atoms with E-state index >= 15 is 0 Å². The minimum atomic E-state index is -2.72. The van der Waals surface area contributed by atoms with Crippen LogP contribution in [0, 0.1) is 25.5 Å². The van der Waals surface area contributed by atoms with Crippen LogP contribution in [0.5, 0.6) is 11.5 Å². The van der Waals surface area contributed by atoms with Crippen LogP contribution < -0.4 is 31.4 Å². The quantitative estimate of drug-likeness (QED) is 0.315. The van der Waals surface area contributed by atoms with Gasteiger partial charge in [0.15, 0.2) is 5.75 Å². The molecule has 1 aliphatic rings. The van der Waals surface area contributed by atoms with E-state index < -0.39 is 34.4 Å². The fourth-order valence-corrected chi connectivity index (χ4v) is 3.94. The second-order valence-corrected chi connectivity index (χ2v) is 9.19. The maximum absolute atomic E-state index is 14.7. The summed E-state index contributed by atoms with van der Waals surface area (Å²) in [5.74, 6) is -2.34. The molecule has 204 valence electrons. The van der Waals surface area contributed by atoms with E-state index in [1.165, 1.54) is 43.8 Å². The summed E-state index contributed by atoms with van der Waals surface area (Å²) in [6.45, 7) is 3.16. The van der Waals surface area contributed by atoms with Crippen LogP contribution in [0.4, 0.5) is 26.0 Å². The van der Waals surface area contributed by atoms with Crippen LogP contribution in [-0.2, 0) is 18.3 Å². The number of benzene rings is 2. The number of nitrogens with two attached hydrogens (primary N) is 1. The van der Waals surface area contributed by atoms with Gasteiger partial charge >= 0.3 is 0 Å². The molecule has 2 aromatic carbocycles. The second kappa shape index (κ2) is 12.2. The van der Waals surface area contributed by atoms with E-state index in [-0.39, 0.29) is 45.9 Å². The summed E-state index contributed by atoms with van der Waals surface area (Å²) in [6, 6.07) is 7.51. The summed E-state index contributed by atoms with van der Waals surface area (Å²) in [4.78, 5) is 26.4. The first-order chi connectivity index (χ1) is 18.0. The average Bonchev–Trinajstić information content (AvgIpc) is 3.66. The van der Waals surface area contributed by atoms with Crippen molar-refractivity contribution >= 4 is 34.4 Å². The summed E-state index contributed by atoms with van der Waals surface area (Å²) in [5.41, 5.74) is 4.50. The number of anilines is 3. The van der Waals surface area contributed by atoms with Gasteiger partial charge < -0.3 is 30.4 Å². The molecule has 4 rings (SSSR count). The van der Waals surface area contributed by atoms with E-state index in [4.69, 9.17) is 4.74 Å². The fraction of sp³-hybridized carbons (Fsp3) is 0.280. The molecule has 5 N–H and O–H groups in total. The predicted octanol–water partition coefficient (Wildman–Crippen LogP) is 3.49. The van der Waals surface area contributed by atoms with Gasteiger partial charge in [0.2, 0.25) is 0 Å². The van der Waals surface area contributed by atoms with Crippen molar-refractivity contribution < 1.29 is 27.1 Å². The summed E-state index contributed by atoms with van der Waals surface area (Å²) in [5, 5.41) is 5.67.